The number of nitrogens with one attached hydrogen (secondary N) is 1. The normalized spacial score (nSPS) is 11.7. The molecule has 0 unspecified atom stereocenters. The molecule has 0 aromatic carbocycles. The molecule has 110 valence electrons. The third-order valence-corrected chi connectivity index (χ3v) is 3.23. The van der Waals surface area contributed by atoms with Gasteiger partial charge >= 0.3 is 0 Å². The number of hydrogen-bond acceptors (Lipinski definition) is 3. The maximum absolute atomic E-state index is 5.89. The van der Waals surface area contributed by atoms with E-state index in [2.05, 4.69) is 50.9 Å². The van der Waals surface area contributed by atoms with Crippen molar-refractivity contribution < 1.29 is 4.42 Å². The summed E-state index contributed by atoms with van der Waals surface area (Å²) >= 11 is 0. The van der Waals surface area contributed by atoms with Gasteiger partial charge in [0.05, 0.1) is 6.54 Å². The lowest BCUT2D eigenvalue weighted by molar-refractivity contribution is 0.243. The third kappa shape index (κ3) is 5.79. The molecule has 0 aliphatic heterocycles. The van der Waals surface area contributed by atoms with E-state index in [0.717, 1.165) is 37.7 Å². The summed E-state index contributed by atoms with van der Waals surface area (Å²) in [5.41, 5.74) is 1.29. The molecule has 0 atom stereocenters. The highest BCUT2D eigenvalue weighted by Gasteiger charge is 2.11. The summed E-state index contributed by atoms with van der Waals surface area (Å²) in [5.74, 6) is 2.15. The Bertz CT molecular complexity index is 352. The molecule has 3 heteroatoms. The summed E-state index contributed by atoms with van der Waals surface area (Å²) in [5, 5.41) is 3.45. The second-order valence-corrected chi connectivity index (χ2v) is 5.61. The van der Waals surface area contributed by atoms with Crippen molar-refractivity contribution in [3.63, 3.8) is 0 Å². The Morgan fingerprint density at radius 2 is 1.84 bits per heavy atom. The molecular formula is C16H30N2O. The molecule has 0 aliphatic carbocycles. The predicted octanol–water partition coefficient (Wildman–Crippen LogP) is 3.71. The number of furan rings is 1. The van der Waals surface area contributed by atoms with Crippen LogP contribution in [0.25, 0.3) is 0 Å². The summed E-state index contributed by atoms with van der Waals surface area (Å²) in [6, 6.07) is 2.72. The highest BCUT2D eigenvalue weighted by Crippen LogP contribution is 2.17. The standard InChI is InChI=1S/C16H30N2O/c1-6-8-18(9-7-2)12-16-10-15(14(5)19-16)11-17-13(3)4/h10,13,17H,6-9,11-12H2,1-5H3. The molecule has 1 rings (SSSR count). The molecule has 0 fully saturated rings. The maximum atomic E-state index is 5.89. The average Bonchev–Trinajstić information content (AvgIpc) is 2.67. The Kier molecular flexibility index (Phi) is 7.17. The summed E-state index contributed by atoms with van der Waals surface area (Å²) in [7, 11) is 0. The molecule has 1 N–H and O–H groups in total. The predicted molar refractivity (Wildman–Crippen MR) is 81.3 cm³/mol. The Balaban J connectivity index is 2.60. The van der Waals surface area contributed by atoms with Gasteiger partial charge in [-0.15, -0.1) is 0 Å². The molecule has 1 heterocycles. The zero-order valence-corrected chi connectivity index (χ0v) is 13.3. The number of rotatable bonds is 9. The van der Waals surface area contributed by atoms with Crippen molar-refractivity contribution in [1.82, 2.24) is 10.2 Å². The van der Waals surface area contributed by atoms with Gasteiger partial charge in [0.15, 0.2) is 0 Å². The quantitative estimate of drug-likeness (QED) is 0.738. The minimum Gasteiger partial charge on any atom is -0.465 e. The summed E-state index contributed by atoms with van der Waals surface area (Å²) in [6.45, 7) is 15.0. The lowest BCUT2D eigenvalue weighted by atomic mass is 10.2. The smallest absolute Gasteiger partial charge is 0.118 e. The van der Waals surface area contributed by atoms with Crippen molar-refractivity contribution >= 4 is 0 Å². The van der Waals surface area contributed by atoms with Gasteiger partial charge in [0.2, 0.25) is 0 Å². The molecule has 0 bridgehead atoms. The van der Waals surface area contributed by atoms with Crippen LogP contribution in [-0.2, 0) is 13.1 Å². The van der Waals surface area contributed by atoms with E-state index in [1.165, 1.54) is 18.4 Å². The number of aryl methyl sites for hydroxylation is 1. The first-order chi connectivity index (χ1) is 9.06. The van der Waals surface area contributed by atoms with E-state index in [0.29, 0.717) is 6.04 Å². The lowest BCUT2D eigenvalue weighted by Gasteiger charge is -2.19. The summed E-state index contributed by atoms with van der Waals surface area (Å²) in [4.78, 5) is 2.47. The fourth-order valence-corrected chi connectivity index (χ4v) is 2.28. The van der Waals surface area contributed by atoms with Crippen LogP contribution >= 0.6 is 0 Å². The molecule has 1 aromatic rings. The Morgan fingerprint density at radius 1 is 1.21 bits per heavy atom. The molecule has 0 saturated heterocycles. The van der Waals surface area contributed by atoms with Crippen molar-refractivity contribution in [3.8, 4) is 0 Å². The van der Waals surface area contributed by atoms with Crippen LogP contribution in [0.15, 0.2) is 10.5 Å². The minimum absolute atomic E-state index is 0.509. The lowest BCUT2D eigenvalue weighted by Crippen LogP contribution is -2.24. The second-order valence-electron chi connectivity index (χ2n) is 5.61. The van der Waals surface area contributed by atoms with Gasteiger partial charge in [-0.05, 0) is 38.9 Å². The van der Waals surface area contributed by atoms with Crippen LogP contribution in [0.4, 0.5) is 0 Å². The van der Waals surface area contributed by atoms with Gasteiger partial charge in [-0.3, -0.25) is 4.90 Å². The van der Waals surface area contributed by atoms with Crippen LogP contribution in [0.3, 0.4) is 0 Å². The first kappa shape index (κ1) is 16.3. The largest absolute Gasteiger partial charge is 0.465 e. The van der Waals surface area contributed by atoms with Gasteiger partial charge in [-0.25, -0.2) is 0 Å². The van der Waals surface area contributed by atoms with Gasteiger partial charge < -0.3 is 9.73 Å². The molecule has 0 amide bonds. The summed E-state index contributed by atoms with van der Waals surface area (Å²) < 4.78 is 5.89. The fraction of sp³-hybridized carbons (Fsp3) is 0.750. The van der Waals surface area contributed by atoms with E-state index in [9.17, 15) is 0 Å². The second kappa shape index (κ2) is 8.39. The summed E-state index contributed by atoms with van der Waals surface area (Å²) in [6.07, 6.45) is 2.39. The highest BCUT2D eigenvalue weighted by atomic mass is 16.3. The first-order valence-corrected chi connectivity index (χ1v) is 7.60. The van der Waals surface area contributed by atoms with Crippen LogP contribution in [0.5, 0.6) is 0 Å². The molecule has 1 aromatic heterocycles. The number of nitrogens with zero attached hydrogens (tertiary/aromatic N) is 1. The fourth-order valence-electron chi connectivity index (χ4n) is 2.28. The molecular weight excluding hydrogens is 236 g/mol. The van der Waals surface area contributed by atoms with Crippen molar-refractivity contribution in [2.75, 3.05) is 13.1 Å². The van der Waals surface area contributed by atoms with E-state index in [4.69, 9.17) is 4.42 Å². The van der Waals surface area contributed by atoms with Gasteiger partial charge in [-0.1, -0.05) is 27.7 Å². The van der Waals surface area contributed by atoms with Crippen LogP contribution in [0, 0.1) is 6.92 Å². The molecule has 0 spiro atoms. The third-order valence-electron chi connectivity index (χ3n) is 3.23. The van der Waals surface area contributed by atoms with Crippen molar-refractivity contribution in [1.29, 1.82) is 0 Å². The molecule has 0 aliphatic rings. The van der Waals surface area contributed by atoms with Gasteiger partial charge in [0.25, 0.3) is 0 Å². The van der Waals surface area contributed by atoms with E-state index in [-0.39, 0.29) is 0 Å². The van der Waals surface area contributed by atoms with Crippen LogP contribution in [0.1, 0.15) is 57.6 Å². The van der Waals surface area contributed by atoms with Gasteiger partial charge in [-0.2, -0.15) is 0 Å². The van der Waals surface area contributed by atoms with Crippen LogP contribution in [0.2, 0.25) is 0 Å². The highest BCUT2D eigenvalue weighted by molar-refractivity contribution is 5.20. The van der Waals surface area contributed by atoms with Gasteiger partial charge in [0.1, 0.15) is 11.5 Å². The van der Waals surface area contributed by atoms with Crippen molar-refractivity contribution in [2.24, 2.45) is 0 Å². The van der Waals surface area contributed by atoms with Crippen LogP contribution < -0.4 is 5.32 Å². The zero-order valence-electron chi connectivity index (χ0n) is 13.3. The van der Waals surface area contributed by atoms with E-state index >= 15 is 0 Å². The topological polar surface area (TPSA) is 28.4 Å². The van der Waals surface area contributed by atoms with Crippen LogP contribution in [-0.4, -0.2) is 24.0 Å². The van der Waals surface area contributed by atoms with Crippen molar-refractivity contribution in [2.45, 2.75) is 66.6 Å². The Labute approximate surface area is 118 Å². The van der Waals surface area contributed by atoms with Gasteiger partial charge in [0, 0.05) is 18.2 Å². The Morgan fingerprint density at radius 3 is 2.37 bits per heavy atom. The SMILES string of the molecule is CCCN(CCC)Cc1cc(CNC(C)C)c(C)o1. The maximum Gasteiger partial charge on any atom is 0.118 e. The molecule has 0 radical (unpaired) electrons. The molecule has 19 heavy (non-hydrogen) atoms. The average molecular weight is 266 g/mol. The molecule has 0 saturated carbocycles. The minimum atomic E-state index is 0.509. The first-order valence-electron chi connectivity index (χ1n) is 7.60. The van der Waals surface area contributed by atoms with Crippen molar-refractivity contribution in [3.05, 3.63) is 23.2 Å². The monoisotopic (exact) mass is 266 g/mol. The van der Waals surface area contributed by atoms with E-state index in [1.54, 1.807) is 0 Å². The Hall–Kier alpha value is -0.800. The zero-order chi connectivity index (χ0) is 14.3. The van der Waals surface area contributed by atoms with E-state index < -0.39 is 0 Å². The van der Waals surface area contributed by atoms with E-state index in [1.807, 2.05) is 0 Å². The molecule has 3 nitrogen and oxygen atoms in total. The number of hydrogen-bond donors (Lipinski definition) is 1.